The summed E-state index contributed by atoms with van der Waals surface area (Å²) in [5, 5.41) is 38.2. The third-order valence-electron chi connectivity index (χ3n) is 15.4. The Morgan fingerprint density at radius 3 is 2.14 bits per heavy atom. The van der Waals surface area contributed by atoms with Gasteiger partial charge in [-0.25, -0.2) is 19.4 Å². The lowest BCUT2D eigenvalue weighted by molar-refractivity contribution is -0.157. The summed E-state index contributed by atoms with van der Waals surface area (Å²) in [4.78, 5) is 77.5. The molecule has 1 atom stereocenters. The van der Waals surface area contributed by atoms with Crippen molar-refractivity contribution in [3.05, 3.63) is 115 Å². The molecule has 88 heavy (non-hydrogen) atoms. The van der Waals surface area contributed by atoms with Gasteiger partial charge >= 0.3 is 18.2 Å². The molecule has 1 aliphatic carbocycles. The number of piperazine rings is 2. The number of amides is 3. The second-order valence-electron chi connectivity index (χ2n) is 21.8. The van der Waals surface area contributed by atoms with E-state index in [2.05, 4.69) is 37.1 Å². The number of aromatic nitrogens is 2. The van der Waals surface area contributed by atoms with E-state index in [1.165, 1.54) is 19.6 Å². The Hall–Kier alpha value is -7.46. The number of carbonyl (C=O) groups excluding carboxylic acids is 4. The SMILES string of the molecule is C=C/C(O)=C(C)\C(Cl)=C(/C)C#N.CC.CC.CN(C)Cc1c(OC(=O)N2CCN(CC3CCN(/C(N)=C/C=C(\N)C(=O)NC4CCCCC4)CC3)CC2)ccc2nc3c(cc12)Cn1c-3cc2c(c1=O)COC(=O)C2O.CNC.COC(=O)N1CCNCC1. The molecule has 1 saturated carbocycles. The van der Waals surface area contributed by atoms with Gasteiger partial charge in [0.2, 0.25) is 0 Å². The summed E-state index contributed by atoms with van der Waals surface area (Å²) in [5.41, 5.74) is 17.1. The second-order valence-corrected chi connectivity index (χ2v) is 22.2. The molecule has 7 heterocycles. The molecule has 1 unspecified atom stereocenters. The predicted molar refractivity (Wildman–Crippen MR) is 345 cm³/mol. The molecule has 4 fully saturated rings. The van der Waals surface area contributed by atoms with Crippen LogP contribution in [-0.2, 0) is 38.8 Å². The summed E-state index contributed by atoms with van der Waals surface area (Å²) in [5.74, 6) is 0.576. The van der Waals surface area contributed by atoms with E-state index in [4.69, 9.17) is 42.8 Å². The average Bonchev–Trinajstić information content (AvgIpc) is 2.30. The quantitative estimate of drug-likeness (QED) is 0.0259. The van der Waals surface area contributed by atoms with Gasteiger partial charge in [0.05, 0.1) is 58.7 Å². The molecule has 5 aliphatic heterocycles. The lowest BCUT2D eigenvalue weighted by atomic mass is 9.95. The van der Waals surface area contributed by atoms with Gasteiger partial charge in [-0.1, -0.05) is 65.1 Å². The number of hydrogen-bond acceptors (Lipinski definition) is 19. The van der Waals surface area contributed by atoms with Crippen LogP contribution < -0.4 is 37.7 Å². The van der Waals surface area contributed by atoms with Gasteiger partial charge in [-0.05, 0) is 116 Å². The van der Waals surface area contributed by atoms with E-state index in [0.29, 0.717) is 65.2 Å². The molecule has 9 N–H and O–H groups in total. The molecule has 9 rings (SSSR count). The molecule has 0 spiro atoms. The Kier molecular flexibility index (Phi) is 30.5. The summed E-state index contributed by atoms with van der Waals surface area (Å²) in [7, 11) is 9.05. The van der Waals surface area contributed by atoms with Crippen molar-refractivity contribution < 1.29 is 43.6 Å². The number of halogens is 1. The van der Waals surface area contributed by atoms with Crippen molar-refractivity contribution in [1.29, 1.82) is 5.26 Å². The molecular formula is C64H96ClN13O10. The molecule has 3 aromatic rings. The van der Waals surface area contributed by atoms with E-state index in [1.54, 1.807) is 52.5 Å². The first-order valence-corrected chi connectivity index (χ1v) is 30.9. The minimum Gasteiger partial charge on any atom is -0.508 e. The normalized spacial score (nSPS) is 18.3. The number of carbonyl (C=O) groups is 4. The van der Waals surface area contributed by atoms with Crippen molar-refractivity contribution in [3.8, 4) is 23.2 Å². The van der Waals surface area contributed by atoms with Gasteiger partial charge in [-0.3, -0.25) is 14.5 Å². The number of methoxy groups -OCH3 is 1. The van der Waals surface area contributed by atoms with Gasteiger partial charge in [0.25, 0.3) is 11.5 Å². The van der Waals surface area contributed by atoms with E-state index < -0.39 is 18.2 Å². The number of nitrogens with zero attached hydrogens (tertiary/aromatic N) is 8. The highest BCUT2D eigenvalue weighted by atomic mass is 35.5. The van der Waals surface area contributed by atoms with Gasteiger partial charge in [0.1, 0.15) is 18.1 Å². The lowest BCUT2D eigenvalue weighted by Crippen LogP contribution is -2.51. The molecule has 6 aliphatic rings. The number of allylic oxidation sites excluding steroid dienone is 6. The van der Waals surface area contributed by atoms with Crippen molar-refractivity contribution in [2.24, 2.45) is 17.4 Å². The van der Waals surface area contributed by atoms with Crippen LogP contribution >= 0.6 is 11.6 Å². The first-order chi connectivity index (χ1) is 42.2. The van der Waals surface area contributed by atoms with Crippen LogP contribution in [0.1, 0.15) is 115 Å². The number of nitriles is 1. The lowest BCUT2D eigenvalue weighted by Gasteiger charge is -2.39. The van der Waals surface area contributed by atoms with Crippen LogP contribution in [0.5, 0.6) is 5.75 Å². The van der Waals surface area contributed by atoms with Crippen LogP contribution in [0.25, 0.3) is 22.3 Å². The highest BCUT2D eigenvalue weighted by Crippen LogP contribution is 2.38. The van der Waals surface area contributed by atoms with Gasteiger partial charge in [0, 0.05) is 118 Å². The molecule has 1 aromatic carbocycles. The maximum absolute atomic E-state index is 13.6. The fourth-order valence-corrected chi connectivity index (χ4v) is 10.8. The highest BCUT2D eigenvalue weighted by Gasteiger charge is 2.35. The summed E-state index contributed by atoms with van der Waals surface area (Å²) in [6.45, 7) is 23.7. The molecule has 3 saturated heterocycles. The standard InChI is InChI=1S/C43H55N9O7.C9H10ClNO.C6H12N2O2.C2H7N.2C2H6/c1-48(2)24-31-29-20-27-23-52-35(21-30-32(41(52)55)25-58-42(56)39(30)53)38(27)47-34(29)9-10-36(31)59-43(57)51-18-16-49(17-19-51)22-26-12-14-50(15-13-26)37(45)11-8-33(44)40(54)46-28-6-4-3-5-7-28;1-4-8(12)7(3)9(10)6(2)5-11;1-10-6(9)8-4-2-7-3-5-8;1-3-2;2*1-2/h8-11,20-21,26,28,39,53H,3-7,12-19,22-25,44-45H2,1-2H3,(H,46,54);4,12H,1H2,2-3H3;7H,2-5H2,1H3;3H,1-2H3;2*1-2H3/b33-8-,37-11+;8-7+,9-6-;;;;. The summed E-state index contributed by atoms with van der Waals surface area (Å²) < 4.78 is 17.3. The van der Waals surface area contributed by atoms with Crippen LogP contribution in [0, 0.1) is 17.2 Å². The first kappa shape index (κ1) is 73.0. The van der Waals surface area contributed by atoms with Gasteiger partial charge < -0.3 is 76.0 Å². The molecule has 484 valence electrons. The van der Waals surface area contributed by atoms with E-state index >= 15 is 0 Å². The van der Waals surface area contributed by atoms with Gasteiger partial charge in [-0.2, -0.15) is 5.26 Å². The number of aliphatic hydroxyl groups excluding tert-OH is 2. The van der Waals surface area contributed by atoms with Crippen molar-refractivity contribution in [2.45, 2.75) is 118 Å². The Bertz CT molecular complexity index is 3090. The topological polar surface area (TPSA) is 299 Å². The number of likely N-dealkylation sites (tertiary alicyclic amines) is 1. The highest BCUT2D eigenvalue weighted by molar-refractivity contribution is 6.32. The molecule has 2 aromatic heterocycles. The zero-order chi connectivity index (χ0) is 65.2. The van der Waals surface area contributed by atoms with Crippen molar-refractivity contribution in [2.75, 3.05) is 107 Å². The van der Waals surface area contributed by atoms with Crippen molar-refractivity contribution in [1.82, 2.24) is 50.0 Å². The number of pyridine rings is 2. The van der Waals surface area contributed by atoms with E-state index in [-0.39, 0.29) is 64.4 Å². The monoisotopic (exact) mass is 1240 g/mol. The molecule has 24 heteroatoms. The van der Waals surface area contributed by atoms with Crippen LogP contribution in [0.4, 0.5) is 9.59 Å². The van der Waals surface area contributed by atoms with Crippen LogP contribution in [-0.4, -0.2) is 182 Å². The molecule has 23 nitrogen and oxygen atoms in total. The number of aliphatic hydroxyl groups is 2. The zero-order valence-electron chi connectivity index (χ0n) is 53.6. The maximum atomic E-state index is 13.6. The van der Waals surface area contributed by atoms with Crippen molar-refractivity contribution >= 4 is 46.6 Å². The number of nitrogens with two attached hydrogens (primary N) is 2. The predicted octanol–water partition coefficient (Wildman–Crippen LogP) is 7.08. The van der Waals surface area contributed by atoms with Gasteiger partial charge in [0.15, 0.2) is 6.10 Å². The number of piperidine rings is 1. The smallest absolute Gasteiger partial charge is 0.415 e. The number of hydrogen-bond donors (Lipinski definition) is 7. The largest absolute Gasteiger partial charge is 0.508 e. The Balaban J connectivity index is 0.000000472. The van der Waals surface area contributed by atoms with Crippen LogP contribution in [0.3, 0.4) is 0 Å². The first-order valence-electron chi connectivity index (χ1n) is 30.5. The maximum Gasteiger partial charge on any atom is 0.415 e. The van der Waals surface area contributed by atoms with E-state index in [9.17, 15) is 34.2 Å². The number of benzene rings is 1. The molecule has 3 amide bonds. The Morgan fingerprint density at radius 1 is 0.920 bits per heavy atom. The Morgan fingerprint density at radius 2 is 1.55 bits per heavy atom. The fourth-order valence-electron chi connectivity index (χ4n) is 10.7. The third kappa shape index (κ3) is 20.0. The second kappa shape index (κ2) is 36.8. The summed E-state index contributed by atoms with van der Waals surface area (Å²) in [6, 6.07) is 9.35. The molecule has 0 radical (unpaired) electrons. The minimum atomic E-state index is -1.52. The number of cyclic esters (lactones) is 1. The summed E-state index contributed by atoms with van der Waals surface area (Å²) >= 11 is 5.75. The fraction of sp³-hybridized carbons (Fsp3) is 0.547. The number of nitrogens with one attached hydrogen (secondary N) is 3. The number of fused-ring (bicyclic) bond motifs is 5. The summed E-state index contributed by atoms with van der Waals surface area (Å²) in [6.07, 6.45) is 10.00. The Labute approximate surface area is 524 Å². The minimum absolute atomic E-state index is 0.00500. The van der Waals surface area contributed by atoms with Crippen LogP contribution in [0.15, 0.2) is 87.3 Å². The number of rotatable bonds is 11. The average molecular weight is 1240 g/mol. The zero-order valence-corrected chi connectivity index (χ0v) is 54.4. The molecular weight excluding hydrogens is 1150 g/mol. The third-order valence-corrected chi connectivity index (χ3v) is 16.0. The number of ether oxygens (including phenoxy) is 3. The number of esters is 1. The molecule has 0 bridgehead atoms. The van der Waals surface area contributed by atoms with Gasteiger partial charge in [-0.15, -0.1) is 0 Å². The van der Waals surface area contributed by atoms with Crippen molar-refractivity contribution in [3.63, 3.8) is 0 Å². The van der Waals surface area contributed by atoms with Crippen LogP contribution in [0.2, 0.25) is 0 Å². The van der Waals surface area contributed by atoms with E-state index in [1.807, 2.05) is 79.0 Å². The van der Waals surface area contributed by atoms with E-state index in [0.717, 1.165) is 114 Å².